The van der Waals surface area contributed by atoms with E-state index in [1.807, 2.05) is 12.1 Å². The van der Waals surface area contributed by atoms with Crippen LogP contribution in [0.1, 0.15) is 61.8 Å². The fraction of sp³-hybridized carbons (Fsp3) is 0.533. The van der Waals surface area contributed by atoms with Crippen LogP contribution in [-0.2, 0) is 6.54 Å². The number of nitrogens with one attached hydrogen (secondary N) is 1. The van der Waals surface area contributed by atoms with Gasteiger partial charge in [-0.1, -0.05) is 18.0 Å². The monoisotopic (exact) mass is 272 g/mol. The number of rotatable bonds is 5. The number of nitrogens with zero attached hydrogens (tertiary/aromatic N) is 3. The summed E-state index contributed by atoms with van der Waals surface area (Å²) in [5, 5.41) is 7.51. The van der Waals surface area contributed by atoms with Crippen molar-refractivity contribution in [1.82, 2.24) is 20.4 Å². The molecule has 5 nitrogen and oxygen atoms in total. The minimum absolute atomic E-state index is 0.236. The lowest BCUT2D eigenvalue weighted by atomic mass is 10.1. The van der Waals surface area contributed by atoms with Crippen LogP contribution in [0.4, 0.5) is 0 Å². The Balaban J connectivity index is 1.56. The number of pyridine rings is 1. The summed E-state index contributed by atoms with van der Waals surface area (Å²) >= 11 is 0. The van der Waals surface area contributed by atoms with E-state index >= 15 is 0 Å². The molecule has 1 atom stereocenters. The molecule has 1 fully saturated rings. The second-order valence-corrected chi connectivity index (χ2v) is 5.41. The van der Waals surface area contributed by atoms with Gasteiger partial charge in [-0.3, -0.25) is 4.98 Å². The maximum absolute atomic E-state index is 5.33. The smallest absolute Gasteiger partial charge is 0.240 e. The molecule has 2 aromatic heterocycles. The molecule has 2 heterocycles. The van der Waals surface area contributed by atoms with E-state index in [2.05, 4.69) is 27.4 Å². The minimum atomic E-state index is 0.236. The van der Waals surface area contributed by atoms with Gasteiger partial charge in [-0.25, -0.2) is 0 Å². The SMILES string of the molecule is C[C@H](NCc1nc(C2CCCC2)no1)c1ccncc1. The first-order valence-electron chi connectivity index (χ1n) is 7.28. The van der Waals surface area contributed by atoms with Crippen molar-refractivity contribution in [2.45, 2.75) is 51.1 Å². The molecule has 0 saturated heterocycles. The highest BCUT2D eigenvalue weighted by atomic mass is 16.5. The molecule has 5 heteroatoms. The van der Waals surface area contributed by atoms with Crippen LogP contribution in [0.15, 0.2) is 29.0 Å². The fourth-order valence-corrected chi connectivity index (χ4v) is 2.70. The Bertz CT molecular complexity index is 534. The van der Waals surface area contributed by atoms with Gasteiger partial charge in [0.2, 0.25) is 5.89 Å². The van der Waals surface area contributed by atoms with Crippen molar-refractivity contribution in [2.24, 2.45) is 0 Å². The van der Waals surface area contributed by atoms with E-state index in [0.29, 0.717) is 18.4 Å². The van der Waals surface area contributed by atoms with Crippen molar-refractivity contribution in [3.8, 4) is 0 Å². The molecule has 0 radical (unpaired) electrons. The molecule has 1 aliphatic carbocycles. The summed E-state index contributed by atoms with van der Waals surface area (Å²) < 4.78 is 5.33. The third-order valence-corrected chi connectivity index (χ3v) is 3.97. The Labute approximate surface area is 118 Å². The number of hydrogen-bond donors (Lipinski definition) is 1. The van der Waals surface area contributed by atoms with Crippen LogP contribution in [0.3, 0.4) is 0 Å². The van der Waals surface area contributed by atoms with Gasteiger partial charge in [0.1, 0.15) is 0 Å². The van der Waals surface area contributed by atoms with Gasteiger partial charge < -0.3 is 9.84 Å². The largest absolute Gasteiger partial charge is 0.338 e. The molecule has 106 valence electrons. The van der Waals surface area contributed by atoms with Crippen LogP contribution in [0, 0.1) is 0 Å². The first-order chi connectivity index (χ1) is 9.83. The van der Waals surface area contributed by atoms with E-state index in [4.69, 9.17) is 4.52 Å². The zero-order valence-corrected chi connectivity index (χ0v) is 11.7. The van der Waals surface area contributed by atoms with Crippen molar-refractivity contribution < 1.29 is 4.52 Å². The third-order valence-electron chi connectivity index (χ3n) is 3.97. The normalized spacial score (nSPS) is 17.4. The van der Waals surface area contributed by atoms with E-state index in [-0.39, 0.29) is 6.04 Å². The van der Waals surface area contributed by atoms with E-state index < -0.39 is 0 Å². The lowest BCUT2D eigenvalue weighted by Gasteiger charge is -2.11. The molecular formula is C15H20N4O. The second-order valence-electron chi connectivity index (χ2n) is 5.41. The van der Waals surface area contributed by atoms with Crippen molar-refractivity contribution >= 4 is 0 Å². The fourth-order valence-electron chi connectivity index (χ4n) is 2.70. The van der Waals surface area contributed by atoms with Gasteiger partial charge in [-0.15, -0.1) is 0 Å². The highest BCUT2D eigenvalue weighted by Crippen LogP contribution is 2.32. The van der Waals surface area contributed by atoms with Crippen molar-refractivity contribution in [3.63, 3.8) is 0 Å². The second kappa shape index (κ2) is 6.13. The van der Waals surface area contributed by atoms with Gasteiger partial charge in [0.15, 0.2) is 5.82 Å². The van der Waals surface area contributed by atoms with Crippen molar-refractivity contribution in [1.29, 1.82) is 0 Å². The minimum Gasteiger partial charge on any atom is -0.338 e. The van der Waals surface area contributed by atoms with Gasteiger partial charge in [-0.05, 0) is 37.5 Å². The van der Waals surface area contributed by atoms with E-state index in [9.17, 15) is 0 Å². The van der Waals surface area contributed by atoms with Crippen LogP contribution in [0.2, 0.25) is 0 Å². The Morgan fingerprint density at radius 2 is 2.05 bits per heavy atom. The molecular weight excluding hydrogens is 252 g/mol. The predicted octanol–water partition coefficient (Wildman–Crippen LogP) is 2.97. The quantitative estimate of drug-likeness (QED) is 0.906. The third kappa shape index (κ3) is 3.04. The maximum Gasteiger partial charge on any atom is 0.240 e. The van der Waals surface area contributed by atoms with Crippen LogP contribution in [0.5, 0.6) is 0 Å². The van der Waals surface area contributed by atoms with E-state index in [1.54, 1.807) is 12.4 Å². The van der Waals surface area contributed by atoms with Crippen LogP contribution < -0.4 is 5.32 Å². The number of hydrogen-bond acceptors (Lipinski definition) is 5. The maximum atomic E-state index is 5.33. The highest BCUT2D eigenvalue weighted by molar-refractivity contribution is 5.13. The molecule has 0 aromatic carbocycles. The van der Waals surface area contributed by atoms with E-state index in [1.165, 1.54) is 31.2 Å². The first kappa shape index (κ1) is 13.2. The van der Waals surface area contributed by atoms with Crippen LogP contribution >= 0.6 is 0 Å². The predicted molar refractivity (Wildman–Crippen MR) is 75.0 cm³/mol. The summed E-state index contributed by atoms with van der Waals surface area (Å²) in [5.74, 6) is 2.06. The lowest BCUT2D eigenvalue weighted by molar-refractivity contribution is 0.353. The Kier molecular flexibility index (Phi) is 4.06. The number of aromatic nitrogens is 3. The van der Waals surface area contributed by atoms with Gasteiger partial charge in [-0.2, -0.15) is 4.98 Å². The highest BCUT2D eigenvalue weighted by Gasteiger charge is 2.22. The van der Waals surface area contributed by atoms with Crippen LogP contribution in [-0.4, -0.2) is 15.1 Å². The summed E-state index contributed by atoms with van der Waals surface area (Å²) in [6.45, 7) is 2.72. The standard InChI is InChI=1S/C15H20N4O/c1-11(12-6-8-16-9-7-12)17-10-14-18-15(19-20-14)13-4-2-3-5-13/h6-9,11,13,17H,2-5,10H2,1H3/t11-/m0/s1. The molecule has 1 aliphatic rings. The topological polar surface area (TPSA) is 63.8 Å². The molecule has 3 rings (SSSR count). The summed E-state index contributed by atoms with van der Waals surface area (Å²) in [7, 11) is 0. The molecule has 1 N–H and O–H groups in total. The van der Waals surface area contributed by atoms with Crippen molar-refractivity contribution in [3.05, 3.63) is 41.8 Å². The Morgan fingerprint density at radius 3 is 2.80 bits per heavy atom. The zero-order chi connectivity index (χ0) is 13.8. The molecule has 0 unspecified atom stereocenters. The Morgan fingerprint density at radius 1 is 1.30 bits per heavy atom. The summed E-state index contributed by atoms with van der Waals surface area (Å²) in [6.07, 6.45) is 8.56. The zero-order valence-electron chi connectivity index (χ0n) is 11.7. The summed E-state index contributed by atoms with van der Waals surface area (Å²) in [4.78, 5) is 8.53. The molecule has 0 bridgehead atoms. The molecule has 0 amide bonds. The average molecular weight is 272 g/mol. The Hall–Kier alpha value is -1.75. The first-order valence-corrected chi connectivity index (χ1v) is 7.28. The molecule has 20 heavy (non-hydrogen) atoms. The molecule has 0 spiro atoms. The van der Waals surface area contributed by atoms with Gasteiger partial charge in [0.25, 0.3) is 0 Å². The lowest BCUT2D eigenvalue weighted by Crippen LogP contribution is -2.18. The van der Waals surface area contributed by atoms with Gasteiger partial charge >= 0.3 is 0 Å². The summed E-state index contributed by atoms with van der Waals surface area (Å²) in [6, 6.07) is 4.25. The van der Waals surface area contributed by atoms with E-state index in [0.717, 1.165) is 5.82 Å². The molecule has 2 aromatic rings. The average Bonchev–Trinajstić information content (AvgIpc) is 3.16. The molecule has 0 aliphatic heterocycles. The van der Waals surface area contributed by atoms with Crippen molar-refractivity contribution in [2.75, 3.05) is 0 Å². The van der Waals surface area contributed by atoms with Gasteiger partial charge in [0, 0.05) is 24.4 Å². The van der Waals surface area contributed by atoms with Crippen LogP contribution in [0.25, 0.3) is 0 Å². The van der Waals surface area contributed by atoms with Gasteiger partial charge in [0.05, 0.1) is 6.54 Å². The molecule has 1 saturated carbocycles. The summed E-state index contributed by atoms with van der Waals surface area (Å²) in [5.41, 5.74) is 1.20.